The van der Waals surface area contributed by atoms with Crippen molar-refractivity contribution in [1.29, 1.82) is 0 Å². The molecule has 1 atom stereocenters. The number of nitrogens with one attached hydrogen (secondary N) is 3. The average molecular weight is 401 g/mol. The second-order valence-electron chi connectivity index (χ2n) is 7.62. The summed E-state index contributed by atoms with van der Waals surface area (Å²) in [5.74, 6) is -0.0361. The predicted molar refractivity (Wildman–Crippen MR) is 106 cm³/mol. The molecule has 6 nitrogen and oxygen atoms in total. The summed E-state index contributed by atoms with van der Waals surface area (Å²) in [7, 11) is 0. The first-order valence-corrected chi connectivity index (χ1v) is 9.41. The van der Waals surface area contributed by atoms with Crippen molar-refractivity contribution in [2.45, 2.75) is 39.9 Å². The maximum absolute atomic E-state index is 14.5. The second kappa shape index (κ2) is 7.11. The van der Waals surface area contributed by atoms with E-state index in [0.29, 0.717) is 16.9 Å². The number of aryl methyl sites for hydroxylation is 1. The Morgan fingerprint density at radius 3 is 2.34 bits per heavy atom. The molecule has 0 amide bonds. The van der Waals surface area contributed by atoms with Crippen LogP contribution < -0.4 is 26.8 Å². The molecular weight excluding hydrogens is 380 g/mol. The number of benzene rings is 1. The molecule has 2 aromatic carbocycles. The van der Waals surface area contributed by atoms with Gasteiger partial charge >= 0.3 is 0 Å². The van der Waals surface area contributed by atoms with Crippen LogP contribution in [0.1, 0.15) is 42.5 Å². The Hall–Kier alpha value is -3.00. The van der Waals surface area contributed by atoms with Crippen molar-refractivity contribution >= 4 is 17.1 Å². The lowest BCUT2D eigenvalue weighted by atomic mass is 10.00. The first-order valence-electron chi connectivity index (χ1n) is 9.41. The lowest BCUT2D eigenvalue weighted by Crippen LogP contribution is -2.38. The van der Waals surface area contributed by atoms with E-state index in [0.717, 1.165) is 11.8 Å². The van der Waals surface area contributed by atoms with E-state index in [-0.39, 0.29) is 42.1 Å². The van der Waals surface area contributed by atoms with Gasteiger partial charge in [0.1, 0.15) is 34.5 Å². The summed E-state index contributed by atoms with van der Waals surface area (Å²) >= 11 is 0. The molecule has 0 saturated carbocycles. The zero-order chi connectivity index (χ0) is 20.9. The molecule has 3 aromatic rings. The number of hydrogen-bond acceptors (Lipinski definition) is 6. The predicted octanol–water partition coefficient (Wildman–Crippen LogP) is 3.62. The van der Waals surface area contributed by atoms with Crippen LogP contribution >= 0.6 is 0 Å². The Morgan fingerprint density at radius 1 is 1.00 bits per heavy atom. The molecule has 29 heavy (non-hydrogen) atoms. The number of hydrogen-bond donors (Lipinski definition) is 3. The largest absolute Gasteiger partial charge is 0.464 e. The van der Waals surface area contributed by atoms with Crippen molar-refractivity contribution < 1.29 is 13.2 Å². The van der Waals surface area contributed by atoms with Crippen molar-refractivity contribution in [1.82, 2.24) is 5.32 Å². The number of halogens is 2. The molecule has 8 heteroatoms. The third kappa shape index (κ3) is 3.23. The molecule has 0 aliphatic carbocycles. The van der Waals surface area contributed by atoms with Crippen LogP contribution in [0.25, 0.3) is 0 Å². The quantitative estimate of drug-likeness (QED) is 0.548. The highest BCUT2D eigenvalue weighted by Gasteiger charge is 2.29. The molecule has 0 radical (unpaired) electrons. The summed E-state index contributed by atoms with van der Waals surface area (Å²) in [6.07, 6.45) is 0. The van der Waals surface area contributed by atoms with E-state index in [1.165, 1.54) is 0 Å². The minimum atomic E-state index is -0.814. The minimum absolute atomic E-state index is 0.0106. The molecule has 0 fully saturated rings. The normalized spacial score (nSPS) is 14.4. The van der Waals surface area contributed by atoms with Gasteiger partial charge in [0.05, 0.1) is 11.7 Å². The number of rotatable bonds is 6. The zero-order valence-corrected chi connectivity index (χ0v) is 16.3. The lowest BCUT2D eigenvalue weighted by molar-refractivity contribution is 0.408. The van der Waals surface area contributed by atoms with Gasteiger partial charge in [-0.2, -0.15) is 0 Å². The van der Waals surface area contributed by atoms with Crippen LogP contribution in [-0.4, -0.2) is 0 Å². The van der Waals surface area contributed by atoms with E-state index >= 15 is 0 Å². The van der Waals surface area contributed by atoms with E-state index in [4.69, 9.17) is 4.42 Å². The molecule has 2 heterocycles. The van der Waals surface area contributed by atoms with Crippen LogP contribution in [0.2, 0.25) is 0 Å². The van der Waals surface area contributed by atoms with E-state index in [1.807, 2.05) is 32.9 Å². The molecule has 0 unspecified atom stereocenters. The van der Waals surface area contributed by atoms with Crippen LogP contribution in [0.15, 0.2) is 32.2 Å². The van der Waals surface area contributed by atoms with Crippen molar-refractivity contribution in [3.8, 4) is 0 Å². The topological polar surface area (TPSA) is 83.4 Å². The van der Waals surface area contributed by atoms with Gasteiger partial charge < -0.3 is 20.4 Å². The van der Waals surface area contributed by atoms with Gasteiger partial charge in [-0.25, -0.2) is 8.78 Å². The SMILES string of the molecule is Cc1ccc([C@H](Nc2c(Nc3c(F)cc(F)c4c3CNC4)c(=O)c2=O)C(C)C)o1. The van der Waals surface area contributed by atoms with Crippen LogP contribution in [0.3, 0.4) is 0 Å². The van der Waals surface area contributed by atoms with Gasteiger partial charge in [-0.15, -0.1) is 0 Å². The molecule has 0 spiro atoms. The summed E-state index contributed by atoms with van der Waals surface area (Å²) in [4.78, 5) is 24.4. The summed E-state index contributed by atoms with van der Waals surface area (Å²) < 4.78 is 34.1. The minimum Gasteiger partial charge on any atom is -0.464 e. The van der Waals surface area contributed by atoms with E-state index in [9.17, 15) is 18.4 Å². The molecular formula is C21H21F2N3O3. The molecule has 0 saturated heterocycles. The molecule has 3 N–H and O–H groups in total. The molecule has 1 aliphatic heterocycles. The number of fused-ring (bicyclic) bond motifs is 1. The van der Waals surface area contributed by atoms with Crippen LogP contribution in [0, 0.1) is 24.5 Å². The van der Waals surface area contributed by atoms with Gasteiger partial charge in [0.25, 0.3) is 10.9 Å². The van der Waals surface area contributed by atoms with Gasteiger partial charge in [0.15, 0.2) is 0 Å². The van der Waals surface area contributed by atoms with Gasteiger partial charge in [-0.3, -0.25) is 9.59 Å². The van der Waals surface area contributed by atoms with Crippen molar-refractivity contribution in [2.75, 3.05) is 10.6 Å². The highest BCUT2D eigenvalue weighted by Crippen LogP contribution is 2.35. The standard InChI is InChI=1S/C21H21F2N3O3/c1-9(2)16(15-5-4-10(3)29-15)25-18-19(21(28)20(18)27)26-17-12-8-24-7-11(12)13(22)6-14(17)23/h4-6,9,16,24-26H,7-8H2,1-3H3/t16-/m1/s1. The lowest BCUT2D eigenvalue weighted by Gasteiger charge is -2.24. The number of furan rings is 1. The summed E-state index contributed by atoms with van der Waals surface area (Å²) in [6.45, 7) is 6.26. The second-order valence-corrected chi connectivity index (χ2v) is 7.62. The van der Waals surface area contributed by atoms with Gasteiger partial charge in [-0.05, 0) is 30.5 Å². The Bertz CT molecular complexity index is 1160. The fourth-order valence-electron chi connectivity index (χ4n) is 3.66. The molecule has 4 rings (SSSR count). The van der Waals surface area contributed by atoms with Gasteiger partial charge in [0, 0.05) is 24.7 Å². The molecule has 1 aliphatic rings. The highest BCUT2D eigenvalue weighted by molar-refractivity contribution is 5.80. The summed E-state index contributed by atoms with van der Waals surface area (Å²) in [6, 6.07) is 4.06. The third-order valence-electron chi connectivity index (χ3n) is 5.24. The maximum Gasteiger partial charge on any atom is 0.253 e. The number of anilines is 3. The molecule has 1 aromatic heterocycles. The van der Waals surface area contributed by atoms with E-state index < -0.39 is 22.5 Å². The van der Waals surface area contributed by atoms with Crippen LogP contribution in [0.5, 0.6) is 0 Å². The van der Waals surface area contributed by atoms with Gasteiger partial charge in [0.2, 0.25) is 0 Å². The van der Waals surface area contributed by atoms with Crippen LogP contribution in [-0.2, 0) is 13.1 Å². The Labute approximate surface area is 165 Å². The van der Waals surface area contributed by atoms with Crippen molar-refractivity contribution in [2.24, 2.45) is 5.92 Å². The molecule has 152 valence electrons. The van der Waals surface area contributed by atoms with Gasteiger partial charge in [-0.1, -0.05) is 13.8 Å². The zero-order valence-electron chi connectivity index (χ0n) is 16.3. The third-order valence-corrected chi connectivity index (χ3v) is 5.24. The fraction of sp³-hybridized carbons (Fsp3) is 0.333. The smallest absolute Gasteiger partial charge is 0.253 e. The van der Waals surface area contributed by atoms with E-state index in [2.05, 4.69) is 16.0 Å². The maximum atomic E-state index is 14.5. The Balaban J connectivity index is 1.69. The van der Waals surface area contributed by atoms with E-state index in [1.54, 1.807) is 0 Å². The first kappa shape index (κ1) is 19.3. The summed E-state index contributed by atoms with van der Waals surface area (Å²) in [5.41, 5.74) is -0.587. The fourth-order valence-corrected chi connectivity index (χ4v) is 3.66. The Kier molecular flexibility index (Phi) is 4.74. The first-order chi connectivity index (χ1) is 13.8. The monoisotopic (exact) mass is 401 g/mol. The summed E-state index contributed by atoms with van der Waals surface area (Å²) in [5, 5.41) is 8.78. The Morgan fingerprint density at radius 2 is 1.69 bits per heavy atom. The molecule has 0 bridgehead atoms. The highest BCUT2D eigenvalue weighted by atomic mass is 19.1. The van der Waals surface area contributed by atoms with Crippen molar-refractivity contribution in [3.05, 3.63) is 72.9 Å². The van der Waals surface area contributed by atoms with Crippen LogP contribution in [0.4, 0.5) is 25.8 Å². The van der Waals surface area contributed by atoms with Crippen molar-refractivity contribution in [3.63, 3.8) is 0 Å². The average Bonchev–Trinajstić information content (AvgIpc) is 3.32.